The summed E-state index contributed by atoms with van der Waals surface area (Å²) in [6.07, 6.45) is -0.595. The van der Waals surface area contributed by atoms with Crippen LogP contribution < -0.4 is 16.2 Å². The molecule has 0 saturated carbocycles. The Labute approximate surface area is 102 Å². The fourth-order valence-corrected chi connectivity index (χ4v) is 1.17. The van der Waals surface area contributed by atoms with Crippen molar-refractivity contribution in [2.45, 2.75) is 46.3 Å². The molecule has 6 heteroatoms. The number of alkyl carbamates (subject to hydrolysis) is 1. The molecule has 0 aromatic rings. The van der Waals surface area contributed by atoms with Crippen LogP contribution >= 0.6 is 0 Å². The minimum Gasteiger partial charge on any atom is -0.444 e. The maximum Gasteiger partial charge on any atom is 0.408 e. The highest BCUT2D eigenvalue weighted by Gasteiger charge is 2.26. The molecule has 0 spiro atoms. The summed E-state index contributed by atoms with van der Waals surface area (Å²) in [5.74, 6) is -0.329. The number of carbonyl (C=O) groups is 2. The van der Waals surface area contributed by atoms with E-state index in [9.17, 15) is 9.59 Å². The van der Waals surface area contributed by atoms with Gasteiger partial charge < -0.3 is 10.1 Å². The monoisotopic (exact) mass is 245 g/mol. The Kier molecular flexibility index (Phi) is 5.95. The first-order valence-electron chi connectivity index (χ1n) is 5.63. The van der Waals surface area contributed by atoms with Gasteiger partial charge in [-0.3, -0.25) is 10.2 Å². The van der Waals surface area contributed by atoms with Gasteiger partial charge in [0.25, 0.3) is 5.91 Å². The zero-order chi connectivity index (χ0) is 13.6. The molecule has 100 valence electrons. The van der Waals surface area contributed by atoms with Crippen molar-refractivity contribution in [1.82, 2.24) is 16.2 Å². The Morgan fingerprint density at radius 2 is 1.71 bits per heavy atom. The summed E-state index contributed by atoms with van der Waals surface area (Å²) in [5.41, 5.74) is 4.39. The first-order valence-corrected chi connectivity index (χ1v) is 5.63. The molecule has 0 heterocycles. The summed E-state index contributed by atoms with van der Waals surface area (Å²) in [7, 11) is 1.59. The quantitative estimate of drug-likeness (QED) is 0.640. The van der Waals surface area contributed by atoms with E-state index in [2.05, 4.69) is 16.2 Å². The molecule has 0 saturated heterocycles. The van der Waals surface area contributed by atoms with Crippen LogP contribution in [-0.2, 0) is 9.53 Å². The van der Waals surface area contributed by atoms with Gasteiger partial charge in [-0.05, 0) is 26.7 Å². The molecular formula is C11H23N3O3. The van der Waals surface area contributed by atoms with Crippen molar-refractivity contribution in [2.75, 3.05) is 7.05 Å². The normalized spacial score (nSPS) is 13.1. The molecule has 0 aliphatic rings. The molecule has 1 atom stereocenters. The largest absolute Gasteiger partial charge is 0.444 e. The first-order chi connectivity index (χ1) is 7.67. The molecule has 0 bridgehead atoms. The second kappa shape index (κ2) is 6.44. The summed E-state index contributed by atoms with van der Waals surface area (Å²) in [6.45, 7) is 8.99. The van der Waals surface area contributed by atoms with Crippen molar-refractivity contribution in [3.8, 4) is 0 Å². The third-order valence-corrected chi connectivity index (χ3v) is 1.87. The molecule has 2 amide bonds. The van der Waals surface area contributed by atoms with Gasteiger partial charge in [0.15, 0.2) is 0 Å². The van der Waals surface area contributed by atoms with Crippen LogP contribution in [0.15, 0.2) is 0 Å². The third-order valence-electron chi connectivity index (χ3n) is 1.87. The lowest BCUT2D eigenvalue weighted by atomic mass is 10.0. The van der Waals surface area contributed by atoms with E-state index < -0.39 is 17.7 Å². The summed E-state index contributed by atoms with van der Waals surface area (Å²) in [4.78, 5) is 23.2. The van der Waals surface area contributed by atoms with E-state index in [-0.39, 0.29) is 11.8 Å². The predicted molar refractivity (Wildman–Crippen MR) is 65.2 cm³/mol. The first kappa shape index (κ1) is 15.7. The average Bonchev–Trinajstić information content (AvgIpc) is 2.11. The van der Waals surface area contributed by atoms with Crippen molar-refractivity contribution in [3.63, 3.8) is 0 Å². The van der Waals surface area contributed by atoms with Crippen molar-refractivity contribution >= 4 is 12.0 Å². The maximum atomic E-state index is 11.6. The molecule has 0 radical (unpaired) electrons. The van der Waals surface area contributed by atoms with E-state index in [4.69, 9.17) is 4.74 Å². The lowest BCUT2D eigenvalue weighted by Crippen LogP contribution is -2.53. The number of nitrogens with one attached hydrogen (secondary N) is 3. The van der Waals surface area contributed by atoms with Gasteiger partial charge in [0.1, 0.15) is 11.6 Å². The molecule has 6 nitrogen and oxygen atoms in total. The number of hydrogen-bond acceptors (Lipinski definition) is 4. The maximum absolute atomic E-state index is 11.6. The highest BCUT2D eigenvalue weighted by atomic mass is 16.6. The molecule has 0 aliphatic heterocycles. The number of amides is 2. The summed E-state index contributed by atoms with van der Waals surface area (Å²) < 4.78 is 5.10. The lowest BCUT2D eigenvalue weighted by Gasteiger charge is -2.24. The zero-order valence-corrected chi connectivity index (χ0v) is 11.4. The van der Waals surface area contributed by atoms with E-state index in [1.807, 2.05) is 13.8 Å². The molecular weight excluding hydrogens is 222 g/mol. The van der Waals surface area contributed by atoms with Crippen molar-refractivity contribution in [1.29, 1.82) is 0 Å². The Hall–Kier alpha value is -1.30. The fraction of sp³-hybridized carbons (Fsp3) is 0.818. The molecule has 0 aromatic carbocycles. The van der Waals surface area contributed by atoms with Gasteiger partial charge in [-0.25, -0.2) is 10.2 Å². The number of hydrogen-bond donors (Lipinski definition) is 3. The van der Waals surface area contributed by atoms with Crippen LogP contribution in [0.2, 0.25) is 0 Å². The van der Waals surface area contributed by atoms with Gasteiger partial charge >= 0.3 is 6.09 Å². The van der Waals surface area contributed by atoms with Gasteiger partial charge in [0.05, 0.1) is 0 Å². The van der Waals surface area contributed by atoms with Gasteiger partial charge in [0, 0.05) is 7.05 Å². The van der Waals surface area contributed by atoms with Crippen LogP contribution in [0.3, 0.4) is 0 Å². The summed E-state index contributed by atoms with van der Waals surface area (Å²) in [5, 5.41) is 2.54. The van der Waals surface area contributed by atoms with E-state index in [1.54, 1.807) is 27.8 Å². The van der Waals surface area contributed by atoms with Crippen molar-refractivity contribution in [2.24, 2.45) is 5.92 Å². The topological polar surface area (TPSA) is 79.5 Å². The Morgan fingerprint density at radius 1 is 1.18 bits per heavy atom. The smallest absolute Gasteiger partial charge is 0.408 e. The molecule has 3 N–H and O–H groups in total. The van der Waals surface area contributed by atoms with Gasteiger partial charge in [-0.2, -0.15) is 0 Å². The molecule has 0 rings (SSSR count). The highest BCUT2D eigenvalue weighted by molar-refractivity contribution is 5.85. The summed E-state index contributed by atoms with van der Waals surface area (Å²) in [6, 6.07) is -0.628. The van der Waals surface area contributed by atoms with Crippen LogP contribution in [-0.4, -0.2) is 30.7 Å². The van der Waals surface area contributed by atoms with Gasteiger partial charge in [0.2, 0.25) is 0 Å². The van der Waals surface area contributed by atoms with Crippen LogP contribution in [0.25, 0.3) is 0 Å². The SMILES string of the molecule is CNNC(=O)C(NC(=O)OC(C)(C)C)C(C)C. The minimum absolute atomic E-state index is 0.0316. The minimum atomic E-state index is -0.628. The zero-order valence-electron chi connectivity index (χ0n) is 11.4. The van der Waals surface area contributed by atoms with Crippen molar-refractivity contribution in [3.05, 3.63) is 0 Å². The Balaban J connectivity index is 4.46. The number of ether oxygens (including phenoxy) is 1. The molecule has 0 fully saturated rings. The predicted octanol–water partition coefficient (Wildman–Crippen LogP) is 0.786. The van der Waals surface area contributed by atoms with Gasteiger partial charge in [-0.15, -0.1) is 0 Å². The number of hydrazine groups is 1. The lowest BCUT2D eigenvalue weighted by molar-refractivity contribution is -0.125. The average molecular weight is 245 g/mol. The van der Waals surface area contributed by atoms with Crippen molar-refractivity contribution < 1.29 is 14.3 Å². The second-order valence-electron chi connectivity index (χ2n) is 5.11. The van der Waals surface area contributed by atoms with E-state index in [1.165, 1.54) is 0 Å². The summed E-state index contributed by atoms with van der Waals surface area (Å²) >= 11 is 0. The second-order valence-corrected chi connectivity index (χ2v) is 5.11. The number of carbonyl (C=O) groups excluding carboxylic acids is 2. The van der Waals surface area contributed by atoms with Crippen LogP contribution in [0.5, 0.6) is 0 Å². The number of rotatable bonds is 4. The van der Waals surface area contributed by atoms with E-state index in [0.717, 1.165) is 0 Å². The molecule has 0 aliphatic carbocycles. The fourth-order valence-electron chi connectivity index (χ4n) is 1.17. The van der Waals surface area contributed by atoms with Gasteiger partial charge in [-0.1, -0.05) is 13.8 Å². The molecule has 1 unspecified atom stereocenters. The van der Waals surface area contributed by atoms with Crippen LogP contribution in [0.1, 0.15) is 34.6 Å². The third kappa shape index (κ3) is 6.78. The highest BCUT2D eigenvalue weighted by Crippen LogP contribution is 2.08. The molecule has 17 heavy (non-hydrogen) atoms. The van der Waals surface area contributed by atoms with Crippen LogP contribution in [0.4, 0.5) is 4.79 Å². The molecule has 0 aromatic heterocycles. The van der Waals surface area contributed by atoms with E-state index in [0.29, 0.717) is 0 Å². The Morgan fingerprint density at radius 3 is 2.06 bits per heavy atom. The Bertz CT molecular complexity index is 272. The van der Waals surface area contributed by atoms with Crippen LogP contribution in [0, 0.1) is 5.92 Å². The van der Waals surface area contributed by atoms with E-state index >= 15 is 0 Å². The standard InChI is InChI=1S/C11H23N3O3/c1-7(2)8(9(15)14-12-6)13-10(16)17-11(3,4)5/h7-8,12H,1-6H3,(H,13,16)(H,14,15).